The molecule has 0 amide bonds. The molecule has 0 spiro atoms. The van der Waals surface area contributed by atoms with Crippen molar-refractivity contribution in [3.8, 4) is 6.07 Å². The molecule has 2 unspecified atom stereocenters. The number of nitriles is 1. The van der Waals surface area contributed by atoms with Gasteiger partial charge in [0.05, 0.1) is 12.0 Å². The summed E-state index contributed by atoms with van der Waals surface area (Å²) in [5.41, 5.74) is 2.19. The zero-order valence-corrected chi connectivity index (χ0v) is 12.2. The maximum absolute atomic E-state index is 13.1. The van der Waals surface area contributed by atoms with Crippen LogP contribution in [0, 0.1) is 30.0 Å². The SMILES string of the molecule is Cc1cc(F)ccc1CCNC1CCCCCC1C#N. The zero-order valence-electron chi connectivity index (χ0n) is 12.2. The monoisotopic (exact) mass is 274 g/mol. The first kappa shape index (κ1) is 15.0. The topological polar surface area (TPSA) is 35.8 Å². The number of rotatable bonds is 4. The van der Waals surface area contributed by atoms with E-state index in [-0.39, 0.29) is 11.7 Å². The Labute approximate surface area is 121 Å². The van der Waals surface area contributed by atoms with Crippen molar-refractivity contribution in [2.45, 2.75) is 51.5 Å². The maximum Gasteiger partial charge on any atom is 0.123 e. The van der Waals surface area contributed by atoms with Gasteiger partial charge in [0.25, 0.3) is 0 Å². The Balaban J connectivity index is 1.86. The van der Waals surface area contributed by atoms with Crippen LogP contribution in [-0.4, -0.2) is 12.6 Å². The van der Waals surface area contributed by atoms with Crippen LogP contribution in [0.25, 0.3) is 0 Å². The molecule has 0 aliphatic heterocycles. The van der Waals surface area contributed by atoms with E-state index in [2.05, 4.69) is 11.4 Å². The van der Waals surface area contributed by atoms with Gasteiger partial charge in [-0.3, -0.25) is 0 Å². The Bertz CT molecular complexity index is 478. The highest BCUT2D eigenvalue weighted by Gasteiger charge is 2.22. The Hall–Kier alpha value is -1.40. The molecule has 0 saturated heterocycles. The van der Waals surface area contributed by atoms with Crippen LogP contribution in [0.15, 0.2) is 18.2 Å². The van der Waals surface area contributed by atoms with Crippen molar-refractivity contribution < 1.29 is 4.39 Å². The Morgan fingerprint density at radius 2 is 2.10 bits per heavy atom. The smallest absolute Gasteiger partial charge is 0.123 e. The molecule has 2 rings (SSSR count). The predicted octanol–water partition coefficient (Wildman–Crippen LogP) is 3.74. The minimum atomic E-state index is -0.174. The van der Waals surface area contributed by atoms with Crippen LogP contribution in [0.4, 0.5) is 4.39 Å². The van der Waals surface area contributed by atoms with Crippen LogP contribution in [0.5, 0.6) is 0 Å². The molecular formula is C17H23FN2. The van der Waals surface area contributed by atoms with Gasteiger partial charge in [0, 0.05) is 6.04 Å². The third-order valence-electron chi connectivity index (χ3n) is 4.29. The number of halogens is 1. The highest BCUT2D eigenvalue weighted by Crippen LogP contribution is 2.23. The van der Waals surface area contributed by atoms with E-state index in [1.54, 1.807) is 6.07 Å². The van der Waals surface area contributed by atoms with E-state index < -0.39 is 0 Å². The summed E-state index contributed by atoms with van der Waals surface area (Å²) in [5, 5.41) is 12.8. The number of nitrogens with zero attached hydrogens (tertiary/aromatic N) is 1. The first-order valence-electron chi connectivity index (χ1n) is 7.58. The molecule has 2 atom stereocenters. The van der Waals surface area contributed by atoms with Crippen LogP contribution < -0.4 is 5.32 Å². The molecule has 1 aliphatic carbocycles. The second-order valence-electron chi connectivity index (χ2n) is 5.76. The number of aryl methyl sites for hydroxylation is 1. The van der Waals surface area contributed by atoms with Crippen LogP contribution in [0.3, 0.4) is 0 Å². The number of hydrogen-bond donors (Lipinski definition) is 1. The average Bonchev–Trinajstić information content (AvgIpc) is 2.66. The van der Waals surface area contributed by atoms with Gasteiger partial charge >= 0.3 is 0 Å². The first-order chi connectivity index (χ1) is 9.70. The minimum absolute atomic E-state index is 0.145. The third-order valence-corrected chi connectivity index (χ3v) is 4.29. The predicted molar refractivity (Wildman–Crippen MR) is 78.8 cm³/mol. The first-order valence-corrected chi connectivity index (χ1v) is 7.58. The summed E-state index contributed by atoms with van der Waals surface area (Å²) in [6, 6.07) is 7.74. The van der Waals surface area contributed by atoms with Gasteiger partial charge in [-0.15, -0.1) is 0 Å². The Morgan fingerprint density at radius 3 is 2.85 bits per heavy atom. The molecule has 0 radical (unpaired) electrons. The lowest BCUT2D eigenvalue weighted by atomic mass is 9.96. The van der Waals surface area contributed by atoms with Gasteiger partial charge in [-0.2, -0.15) is 5.26 Å². The molecule has 0 aromatic heterocycles. The lowest BCUT2D eigenvalue weighted by molar-refractivity contribution is 0.397. The van der Waals surface area contributed by atoms with Crippen molar-refractivity contribution in [1.82, 2.24) is 5.32 Å². The maximum atomic E-state index is 13.1. The summed E-state index contributed by atoms with van der Waals surface area (Å²) >= 11 is 0. The quantitative estimate of drug-likeness (QED) is 0.849. The fourth-order valence-electron chi connectivity index (χ4n) is 3.04. The van der Waals surface area contributed by atoms with Crippen molar-refractivity contribution in [2.75, 3.05) is 6.54 Å². The summed E-state index contributed by atoms with van der Waals surface area (Å²) in [6.07, 6.45) is 6.64. The molecule has 1 aromatic rings. The highest BCUT2D eigenvalue weighted by atomic mass is 19.1. The third kappa shape index (κ3) is 4.05. The largest absolute Gasteiger partial charge is 0.312 e. The molecule has 20 heavy (non-hydrogen) atoms. The van der Waals surface area contributed by atoms with Crippen LogP contribution in [-0.2, 0) is 6.42 Å². The number of hydrogen-bond acceptors (Lipinski definition) is 2. The van der Waals surface area contributed by atoms with Gasteiger partial charge in [-0.25, -0.2) is 4.39 Å². The van der Waals surface area contributed by atoms with E-state index in [4.69, 9.17) is 0 Å². The Kier molecular flexibility index (Phi) is 5.55. The van der Waals surface area contributed by atoms with E-state index >= 15 is 0 Å². The van der Waals surface area contributed by atoms with Gasteiger partial charge < -0.3 is 5.32 Å². The standard InChI is InChI=1S/C17H23FN2/c1-13-11-16(18)8-7-14(13)9-10-20-17-6-4-2-3-5-15(17)12-19/h7-8,11,15,17,20H,2-6,9-10H2,1H3. The number of nitrogens with one attached hydrogen (secondary N) is 1. The van der Waals surface area contributed by atoms with E-state index in [0.29, 0.717) is 6.04 Å². The van der Waals surface area contributed by atoms with E-state index in [9.17, 15) is 9.65 Å². The lowest BCUT2D eigenvalue weighted by Gasteiger charge is -2.21. The second-order valence-corrected chi connectivity index (χ2v) is 5.76. The van der Waals surface area contributed by atoms with Crippen molar-refractivity contribution in [2.24, 2.45) is 5.92 Å². The molecule has 0 heterocycles. The van der Waals surface area contributed by atoms with Crippen molar-refractivity contribution in [3.63, 3.8) is 0 Å². The van der Waals surface area contributed by atoms with E-state index in [1.807, 2.05) is 13.0 Å². The van der Waals surface area contributed by atoms with Gasteiger partial charge in [-0.1, -0.05) is 25.3 Å². The fraction of sp³-hybridized carbons (Fsp3) is 0.588. The Morgan fingerprint density at radius 1 is 1.30 bits per heavy atom. The van der Waals surface area contributed by atoms with Crippen molar-refractivity contribution >= 4 is 0 Å². The molecule has 0 bridgehead atoms. The summed E-state index contributed by atoms with van der Waals surface area (Å²) in [7, 11) is 0. The molecule has 1 saturated carbocycles. The second kappa shape index (κ2) is 7.40. The van der Waals surface area contributed by atoms with Crippen LogP contribution in [0.2, 0.25) is 0 Å². The van der Waals surface area contributed by atoms with E-state index in [1.165, 1.54) is 30.9 Å². The molecule has 1 aromatic carbocycles. The van der Waals surface area contributed by atoms with Gasteiger partial charge in [0.15, 0.2) is 0 Å². The fourth-order valence-corrected chi connectivity index (χ4v) is 3.04. The summed E-state index contributed by atoms with van der Waals surface area (Å²) in [5.74, 6) is -0.0284. The summed E-state index contributed by atoms with van der Waals surface area (Å²) < 4.78 is 13.1. The minimum Gasteiger partial charge on any atom is -0.312 e. The number of benzene rings is 1. The normalized spacial score (nSPS) is 23.1. The zero-order chi connectivity index (χ0) is 14.4. The molecule has 1 fully saturated rings. The molecule has 1 N–H and O–H groups in total. The lowest BCUT2D eigenvalue weighted by Crippen LogP contribution is -2.36. The summed E-state index contributed by atoms with van der Waals surface area (Å²) in [6.45, 7) is 2.80. The van der Waals surface area contributed by atoms with E-state index in [0.717, 1.165) is 31.4 Å². The van der Waals surface area contributed by atoms with Crippen LogP contribution in [0.1, 0.15) is 43.2 Å². The molecular weight excluding hydrogens is 251 g/mol. The molecule has 1 aliphatic rings. The molecule has 3 heteroatoms. The summed E-state index contributed by atoms with van der Waals surface area (Å²) in [4.78, 5) is 0. The average molecular weight is 274 g/mol. The molecule has 108 valence electrons. The van der Waals surface area contributed by atoms with Crippen LogP contribution >= 0.6 is 0 Å². The van der Waals surface area contributed by atoms with Gasteiger partial charge in [0.2, 0.25) is 0 Å². The highest BCUT2D eigenvalue weighted by molar-refractivity contribution is 5.26. The van der Waals surface area contributed by atoms with Gasteiger partial charge in [-0.05, 0) is 56.0 Å². The van der Waals surface area contributed by atoms with Crippen molar-refractivity contribution in [3.05, 3.63) is 35.1 Å². The molecule has 2 nitrogen and oxygen atoms in total. The van der Waals surface area contributed by atoms with Crippen molar-refractivity contribution in [1.29, 1.82) is 5.26 Å². The van der Waals surface area contributed by atoms with Gasteiger partial charge in [0.1, 0.15) is 5.82 Å².